The largest absolute Gasteiger partial charge is 0.457 e. The van der Waals surface area contributed by atoms with E-state index in [-0.39, 0.29) is 41.5 Å². The van der Waals surface area contributed by atoms with Gasteiger partial charge in [-0.3, -0.25) is 4.79 Å². The fourth-order valence-corrected chi connectivity index (χ4v) is 8.21. The lowest BCUT2D eigenvalue weighted by atomic mass is 9.81. The Labute approximate surface area is 167 Å². The number of carbonyl (C=O) groups is 1. The number of fused-ring (bicyclic) bond motifs is 3. The summed E-state index contributed by atoms with van der Waals surface area (Å²) in [4.78, 5) is 12.4. The Kier molecular flexibility index (Phi) is 5.37. The first-order valence-electron chi connectivity index (χ1n) is 10.5. The molecular weight excluding hydrogens is 372 g/mol. The Hall–Kier alpha value is -0.436. The molecule has 0 bridgehead atoms. The van der Waals surface area contributed by atoms with Gasteiger partial charge in [-0.25, -0.2) is 0 Å². The molecule has 0 aromatic rings. The fourth-order valence-electron chi connectivity index (χ4n) is 5.44. The van der Waals surface area contributed by atoms with Gasteiger partial charge in [0.05, 0.1) is 17.6 Å². The molecule has 154 valence electrons. The van der Waals surface area contributed by atoms with E-state index in [0.717, 1.165) is 19.3 Å². The molecule has 3 rings (SSSR count). The Balaban J connectivity index is 2.04. The molecule has 1 heterocycles. The lowest BCUT2D eigenvalue weighted by Gasteiger charge is -2.41. The van der Waals surface area contributed by atoms with Gasteiger partial charge < -0.3 is 13.6 Å². The topological polar surface area (TPSA) is 44.8 Å². The molecule has 1 saturated heterocycles. The van der Waals surface area contributed by atoms with Crippen molar-refractivity contribution < 1.29 is 18.4 Å². The van der Waals surface area contributed by atoms with Crippen LogP contribution in [-0.2, 0) is 18.4 Å². The van der Waals surface area contributed by atoms with Crippen LogP contribution in [0.4, 0.5) is 0 Å². The molecule has 1 saturated carbocycles. The highest BCUT2D eigenvalue weighted by atomic mass is 28.4. The van der Waals surface area contributed by atoms with E-state index in [1.165, 1.54) is 11.1 Å². The minimum Gasteiger partial charge on any atom is -0.457 e. The van der Waals surface area contributed by atoms with E-state index >= 15 is 0 Å². The molecule has 6 atom stereocenters. The number of hydrogen-bond acceptors (Lipinski definition) is 4. The van der Waals surface area contributed by atoms with Gasteiger partial charge in [0.25, 0.3) is 0 Å². The van der Waals surface area contributed by atoms with Gasteiger partial charge in [0.2, 0.25) is 0 Å². The van der Waals surface area contributed by atoms with Crippen LogP contribution in [0.15, 0.2) is 11.1 Å². The zero-order valence-corrected chi connectivity index (χ0v) is 20.6. The zero-order chi connectivity index (χ0) is 20.4. The Morgan fingerprint density at radius 1 is 1.11 bits per heavy atom. The van der Waals surface area contributed by atoms with Crippen LogP contribution < -0.4 is 0 Å². The summed E-state index contributed by atoms with van der Waals surface area (Å²) in [5, 5.41) is 0. The van der Waals surface area contributed by atoms with Crippen LogP contribution >= 0.6 is 0 Å². The molecule has 0 spiro atoms. The molecule has 6 heteroatoms. The number of carbonyl (C=O) groups excluding carboxylic acids is 1. The van der Waals surface area contributed by atoms with Gasteiger partial charge in [0.15, 0.2) is 16.6 Å². The van der Waals surface area contributed by atoms with E-state index in [9.17, 15) is 4.79 Å². The fraction of sp³-hybridized carbons (Fsp3) is 0.857. The van der Waals surface area contributed by atoms with Gasteiger partial charge in [-0.15, -0.1) is 0 Å². The lowest BCUT2D eigenvalue weighted by molar-refractivity contribution is -0.143. The molecule has 4 nitrogen and oxygen atoms in total. The second kappa shape index (κ2) is 6.82. The summed E-state index contributed by atoms with van der Waals surface area (Å²) in [5.41, 5.74) is 2.42. The van der Waals surface area contributed by atoms with Crippen molar-refractivity contribution in [3.05, 3.63) is 11.1 Å². The summed E-state index contributed by atoms with van der Waals surface area (Å²) in [6.45, 7) is 20.1. The molecule has 0 aromatic carbocycles. The summed E-state index contributed by atoms with van der Waals surface area (Å²) < 4.78 is 19.4. The van der Waals surface area contributed by atoms with Crippen LogP contribution in [0.3, 0.4) is 0 Å². The molecule has 0 unspecified atom stereocenters. The maximum absolute atomic E-state index is 12.4. The molecule has 2 aliphatic carbocycles. The number of rotatable bonds is 4. The number of hydrogen-bond donors (Lipinski definition) is 0. The Morgan fingerprint density at radius 3 is 2.30 bits per heavy atom. The van der Waals surface area contributed by atoms with E-state index in [4.69, 9.17) is 13.6 Å². The van der Waals surface area contributed by atoms with Gasteiger partial charge in [0, 0.05) is 11.8 Å². The van der Waals surface area contributed by atoms with E-state index in [2.05, 4.69) is 53.1 Å². The summed E-state index contributed by atoms with van der Waals surface area (Å²) >= 11 is 0. The molecule has 0 aromatic heterocycles. The summed E-state index contributed by atoms with van der Waals surface area (Å²) in [6.07, 6.45) is 2.99. The average molecular weight is 411 g/mol. The maximum Gasteiger partial charge on any atom is 0.309 e. The molecule has 0 radical (unpaired) electrons. The van der Waals surface area contributed by atoms with Crippen molar-refractivity contribution in [3.63, 3.8) is 0 Å². The van der Waals surface area contributed by atoms with Crippen molar-refractivity contribution in [1.29, 1.82) is 0 Å². The molecule has 3 aliphatic rings. The van der Waals surface area contributed by atoms with Crippen LogP contribution in [0.1, 0.15) is 40.0 Å². The third-order valence-electron chi connectivity index (χ3n) is 6.46. The molecule has 27 heavy (non-hydrogen) atoms. The zero-order valence-electron chi connectivity index (χ0n) is 18.6. The highest BCUT2D eigenvalue weighted by Gasteiger charge is 2.56. The quantitative estimate of drug-likeness (QED) is 0.366. The normalized spacial score (nSPS) is 39.9. The Bertz CT molecular complexity index is 646. The SMILES string of the molecule is CC1=C2[C@H]3OC(=O)[C@@H](C)[C@@H]3CC[C@@](C)(O[Si](C)(C)C)[C@@H]2C[C@@H]1O[Si](C)(C)C. The second-order valence-corrected chi connectivity index (χ2v) is 19.9. The first-order valence-corrected chi connectivity index (χ1v) is 17.3. The van der Waals surface area contributed by atoms with Crippen LogP contribution in [0.25, 0.3) is 0 Å². The predicted octanol–water partition coefficient (Wildman–Crippen LogP) is 5.12. The molecule has 0 amide bonds. The number of ether oxygens (including phenoxy) is 1. The van der Waals surface area contributed by atoms with Gasteiger partial charge in [-0.05, 0) is 83.5 Å². The van der Waals surface area contributed by atoms with Crippen molar-refractivity contribution in [1.82, 2.24) is 0 Å². The summed E-state index contributed by atoms with van der Waals surface area (Å²) in [6, 6.07) is 0. The third kappa shape index (κ3) is 4.14. The van der Waals surface area contributed by atoms with E-state index < -0.39 is 16.6 Å². The first-order chi connectivity index (χ1) is 12.2. The first kappa shape index (κ1) is 21.3. The van der Waals surface area contributed by atoms with Gasteiger partial charge >= 0.3 is 5.97 Å². The van der Waals surface area contributed by atoms with Crippen LogP contribution in [0, 0.1) is 17.8 Å². The van der Waals surface area contributed by atoms with E-state index in [1.54, 1.807) is 0 Å². The second-order valence-electron chi connectivity index (χ2n) is 11.0. The minimum absolute atomic E-state index is 0.0258. The standard InChI is InChI=1S/C21H38O4Si2/c1-13-15-10-11-21(3,25-27(7,8)9)16-12-17(24-26(4,5)6)14(2)18(16)19(15)23-20(13)22/h13,15-17,19H,10-12H2,1-9H3/t13-,15-,16+,17-,19-,21+/m0/s1. The van der Waals surface area contributed by atoms with Gasteiger partial charge in [0.1, 0.15) is 6.10 Å². The highest BCUT2D eigenvalue weighted by Crippen LogP contribution is 2.54. The van der Waals surface area contributed by atoms with Gasteiger partial charge in [-0.1, -0.05) is 6.92 Å². The van der Waals surface area contributed by atoms with Gasteiger partial charge in [-0.2, -0.15) is 0 Å². The smallest absolute Gasteiger partial charge is 0.309 e. The summed E-state index contributed by atoms with van der Waals surface area (Å²) in [5.74, 6) is 0.483. The maximum atomic E-state index is 12.4. The number of esters is 1. The Morgan fingerprint density at radius 2 is 1.74 bits per heavy atom. The van der Waals surface area contributed by atoms with Crippen molar-refractivity contribution in [2.75, 3.05) is 0 Å². The van der Waals surface area contributed by atoms with E-state index in [1.807, 2.05) is 6.92 Å². The average Bonchev–Trinajstić information content (AvgIpc) is 2.89. The van der Waals surface area contributed by atoms with Crippen LogP contribution in [0.2, 0.25) is 39.3 Å². The molecular formula is C21H38O4Si2. The van der Waals surface area contributed by atoms with E-state index in [0.29, 0.717) is 0 Å². The lowest BCUT2D eigenvalue weighted by Crippen LogP contribution is -2.46. The highest BCUT2D eigenvalue weighted by molar-refractivity contribution is 6.70. The summed E-state index contributed by atoms with van der Waals surface area (Å²) in [7, 11) is -3.39. The molecule has 1 aliphatic heterocycles. The molecule has 0 N–H and O–H groups in total. The van der Waals surface area contributed by atoms with Crippen molar-refractivity contribution >= 4 is 22.6 Å². The van der Waals surface area contributed by atoms with Crippen molar-refractivity contribution in [2.24, 2.45) is 17.8 Å². The predicted molar refractivity (Wildman–Crippen MR) is 114 cm³/mol. The monoisotopic (exact) mass is 410 g/mol. The third-order valence-corrected chi connectivity index (χ3v) is 8.53. The van der Waals surface area contributed by atoms with Crippen LogP contribution in [-0.4, -0.2) is 40.4 Å². The van der Waals surface area contributed by atoms with Crippen molar-refractivity contribution in [2.45, 2.75) is 97.1 Å². The minimum atomic E-state index is -1.72. The molecule has 2 fully saturated rings. The van der Waals surface area contributed by atoms with Crippen LogP contribution in [0.5, 0.6) is 0 Å². The van der Waals surface area contributed by atoms with Crippen molar-refractivity contribution in [3.8, 4) is 0 Å².